The summed E-state index contributed by atoms with van der Waals surface area (Å²) in [4.78, 5) is 23.7. The summed E-state index contributed by atoms with van der Waals surface area (Å²) in [7, 11) is 0. The van der Waals surface area contributed by atoms with E-state index in [0.29, 0.717) is 13.0 Å². The highest BCUT2D eigenvalue weighted by molar-refractivity contribution is 6.44. The molecule has 0 heterocycles. The van der Waals surface area contributed by atoms with Gasteiger partial charge in [0.2, 0.25) is 0 Å². The van der Waals surface area contributed by atoms with Crippen LogP contribution < -0.4 is 4.74 Å². The Labute approximate surface area is 195 Å². The zero-order chi connectivity index (χ0) is 22.2. The number of benzene rings is 1. The molecule has 1 aromatic carbocycles. The Morgan fingerprint density at radius 3 is 1.90 bits per heavy atom. The lowest BCUT2D eigenvalue weighted by Crippen LogP contribution is -2.11. The van der Waals surface area contributed by atoms with Crippen LogP contribution in [0.25, 0.3) is 0 Å². The van der Waals surface area contributed by atoms with E-state index in [4.69, 9.17) is 44.3 Å². The Kier molecular flexibility index (Phi) is 15.1. The fourth-order valence-corrected chi connectivity index (χ4v) is 3.59. The summed E-state index contributed by atoms with van der Waals surface area (Å²) in [6.07, 6.45) is 12.9. The predicted molar refractivity (Wildman–Crippen MR) is 124 cm³/mol. The van der Waals surface area contributed by atoms with Gasteiger partial charge in [-0.25, -0.2) is 0 Å². The third-order valence-electron chi connectivity index (χ3n) is 4.74. The monoisotopic (exact) mass is 478 g/mol. The van der Waals surface area contributed by atoms with Gasteiger partial charge in [0, 0.05) is 12.8 Å². The van der Waals surface area contributed by atoms with Gasteiger partial charge in [0.15, 0.2) is 5.75 Å². The third-order valence-corrected chi connectivity index (χ3v) is 5.83. The van der Waals surface area contributed by atoms with Crippen molar-refractivity contribution in [2.24, 2.45) is 0 Å². The lowest BCUT2D eigenvalue weighted by atomic mass is 10.1. The van der Waals surface area contributed by atoms with E-state index in [1.807, 2.05) is 0 Å². The van der Waals surface area contributed by atoms with Gasteiger partial charge in [-0.05, 0) is 25.0 Å². The zero-order valence-electron chi connectivity index (χ0n) is 17.8. The molecular weight excluding hydrogens is 447 g/mol. The number of hydrogen-bond acceptors (Lipinski definition) is 4. The molecule has 0 fully saturated rings. The SMILES string of the molecule is CCCCCCCCCCCCOC(=O)CCCC(=O)Oc1c(Cl)ccc(Cl)c1Cl. The summed E-state index contributed by atoms with van der Waals surface area (Å²) in [6.45, 7) is 2.67. The number of carbonyl (C=O) groups excluding carboxylic acids is 2. The van der Waals surface area contributed by atoms with Crippen LogP contribution in [0.15, 0.2) is 12.1 Å². The molecule has 0 radical (unpaired) electrons. The number of halogens is 3. The normalized spacial score (nSPS) is 10.8. The number of ether oxygens (including phenoxy) is 2. The number of carbonyl (C=O) groups is 2. The van der Waals surface area contributed by atoms with Crippen LogP contribution in [0.4, 0.5) is 0 Å². The maximum Gasteiger partial charge on any atom is 0.311 e. The van der Waals surface area contributed by atoms with Crippen LogP contribution in [0.2, 0.25) is 15.1 Å². The molecule has 170 valence electrons. The molecule has 30 heavy (non-hydrogen) atoms. The molecule has 1 rings (SSSR count). The second-order valence-corrected chi connectivity index (χ2v) is 8.59. The Hall–Kier alpha value is -0.970. The van der Waals surface area contributed by atoms with Crippen LogP contribution in [0.1, 0.15) is 90.4 Å². The molecule has 0 aromatic heterocycles. The van der Waals surface area contributed by atoms with Gasteiger partial charge >= 0.3 is 11.9 Å². The van der Waals surface area contributed by atoms with Gasteiger partial charge < -0.3 is 9.47 Å². The van der Waals surface area contributed by atoms with Crippen LogP contribution in [-0.2, 0) is 14.3 Å². The average Bonchev–Trinajstić information content (AvgIpc) is 2.72. The molecule has 0 spiro atoms. The predicted octanol–water partition coefficient (Wildman–Crippen LogP) is 8.19. The summed E-state index contributed by atoms with van der Waals surface area (Å²) < 4.78 is 10.4. The number of hydrogen-bond donors (Lipinski definition) is 0. The lowest BCUT2D eigenvalue weighted by Gasteiger charge is -2.09. The number of unbranched alkanes of at least 4 members (excludes halogenated alkanes) is 9. The molecule has 0 atom stereocenters. The molecule has 0 aliphatic carbocycles. The fourth-order valence-electron chi connectivity index (χ4n) is 2.99. The van der Waals surface area contributed by atoms with Gasteiger partial charge in [0.25, 0.3) is 0 Å². The van der Waals surface area contributed by atoms with E-state index in [-0.39, 0.29) is 39.6 Å². The summed E-state index contributed by atoms with van der Waals surface area (Å²) >= 11 is 17.9. The fraction of sp³-hybridized carbons (Fsp3) is 0.652. The molecule has 1 aromatic rings. The maximum atomic E-state index is 11.9. The first-order chi connectivity index (χ1) is 14.5. The summed E-state index contributed by atoms with van der Waals surface area (Å²) in [5.41, 5.74) is 0. The second-order valence-electron chi connectivity index (χ2n) is 7.40. The molecule has 0 saturated carbocycles. The Bertz CT molecular complexity index is 650. The van der Waals surface area contributed by atoms with Crippen molar-refractivity contribution in [3.63, 3.8) is 0 Å². The van der Waals surface area contributed by atoms with Crippen molar-refractivity contribution in [2.45, 2.75) is 90.4 Å². The van der Waals surface area contributed by atoms with E-state index in [1.165, 1.54) is 63.5 Å². The minimum Gasteiger partial charge on any atom is -0.466 e. The first-order valence-corrected chi connectivity index (χ1v) is 12.1. The molecule has 0 amide bonds. The Morgan fingerprint density at radius 2 is 1.27 bits per heavy atom. The van der Waals surface area contributed by atoms with Gasteiger partial charge in [0.1, 0.15) is 5.02 Å². The highest BCUT2D eigenvalue weighted by atomic mass is 35.5. The molecule has 0 saturated heterocycles. The summed E-state index contributed by atoms with van der Waals surface area (Å²) in [5.74, 6) is -0.777. The summed E-state index contributed by atoms with van der Waals surface area (Å²) in [6, 6.07) is 3.03. The molecule has 4 nitrogen and oxygen atoms in total. The minimum atomic E-state index is -0.524. The van der Waals surface area contributed by atoms with Crippen molar-refractivity contribution >= 4 is 46.7 Å². The first-order valence-electron chi connectivity index (χ1n) is 11.0. The molecule has 0 aliphatic rings. The van der Waals surface area contributed by atoms with Gasteiger partial charge in [-0.3, -0.25) is 9.59 Å². The van der Waals surface area contributed by atoms with Crippen molar-refractivity contribution in [3.05, 3.63) is 27.2 Å². The van der Waals surface area contributed by atoms with E-state index in [0.717, 1.165) is 12.8 Å². The molecule has 0 unspecified atom stereocenters. The van der Waals surface area contributed by atoms with Crippen LogP contribution in [-0.4, -0.2) is 18.5 Å². The Balaban J connectivity index is 2.03. The largest absolute Gasteiger partial charge is 0.466 e. The Morgan fingerprint density at radius 1 is 0.733 bits per heavy atom. The maximum absolute atomic E-state index is 11.9. The second kappa shape index (κ2) is 16.7. The van der Waals surface area contributed by atoms with E-state index in [1.54, 1.807) is 0 Å². The highest BCUT2D eigenvalue weighted by Crippen LogP contribution is 2.38. The van der Waals surface area contributed by atoms with Gasteiger partial charge in [0.05, 0.1) is 16.7 Å². The quantitative estimate of drug-likeness (QED) is 0.104. The van der Waals surface area contributed by atoms with Crippen molar-refractivity contribution in [1.29, 1.82) is 0 Å². The van der Waals surface area contributed by atoms with Gasteiger partial charge in [-0.1, -0.05) is 99.5 Å². The van der Waals surface area contributed by atoms with Crippen LogP contribution >= 0.6 is 34.8 Å². The standard InChI is InChI=1S/C23H33Cl3O4/c1-2-3-4-5-6-7-8-9-10-11-17-29-20(27)13-12-14-21(28)30-23-19(25)16-15-18(24)22(23)26/h15-16H,2-14,17H2,1H3. The third kappa shape index (κ3) is 12.0. The van der Waals surface area contributed by atoms with Crippen molar-refractivity contribution in [3.8, 4) is 5.75 Å². The summed E-state index contributed by atoms with van der Waals surface area (Å²) in [5, 5.41) is 0.543. The van der Waals surface area contributed by atoms with E-state index in [9.17, 15) is 9.59 Å². The number of esters is 2. The number of rotatable bonds is 16. The van der Waals surface area contributed by atoms with E-state index in [2.05, 4.69) is 6.92 Å². The topological polar surface area (TPSA) is 52.6 Å². The van der Waals surface area contributed by atoms with E-state index >= 15 is 0 Å². The lowest BCUT2D eigenvalue weighted by molar-refractivity contribution is -0.144. The van der Waals surface area contributed by atoms with Crippen molar-refractivity contribution in [1.82, 2.24) is 0 Å². The smallest absolute Gasteiger partial charge is 0.311 e. The molecule has 0 aliphatic heterocycles. The molecular formula is C23H33Cl3O4. The van der Waals surface area contributed by atoms with Crippen LogP contribution in [0.3, 0.4) is 0 Å². The van der Waals surface area contributed by atoms with Crippen molar-refractivity contribution in [2.75, 3.05) is 6.61 Å². The van der Waals surface area contributed by atoms with Crippen LogP contribution in [0, 0.1) is 0 Å². The van der Waals surface area contributed by atoms with Crippen LogP contribution in [0.5, 0.6) is 5.75 Å². The zero-order valence-corrected chi connectivity index (χ0v) is 20.1. The van der Waals surface area contributed by atoms with Gasteiger partial charge in [-0.2, -0.15) is 0 Å². The first kappa shape index (κ1) is 27.1. The molecule has 0 bridgehead atoms. The average molecular weight is 480 g/mol. The van der Waals surface area contributed by atoms with E-state index < -0.39 is 5.97 Å². The van der Waals surface area contributed by atoms with Gasteiger partial charge in [-0.15, -0.1) is 0 Å². The van der Waals surface area contributed by atoms with Crippen molar-refractivity contribution < 1.29 is 19.1 Å². The molecule has 0 N–H and O–H groups in total. The molecule has 7 heteroatoms. The minimum absolute atomic E-state index is 0.0411. The highest BCUT2D eigenvalue weighted by Gasteiger charge is 2.15.